The van der Waals surface area contributed by atoms with Crippen LogP contribution in [0.15, 0.2) is 17.3 Å². The van der Waals surface area contributed by atoms with Crippen molar-refractivity contribution in [2.45, 2.75) is 12.8 Å². The number of benzene rings is 1. The molecule has 0 aromatic heterocycles. The molecule has 0 spiro atoms. The van der Waals surface area contributed by atoms with E-state index in [0.29, 0.717) is 0 Å². The van der Waals surface area contributed by atoms with Gasteiger partial charge in [-0.15, -0.1) is 17.3 Å². The molecular weight excluding hydrogens is 216 g/mol. The van der Waals surface area contributed by atoms with Crippen molar-refractivity contribution in [3.8, 4) is 5.75 Å². The van der Waals surface area contributed by atoms with Crippen molar-refractivity contribution in [3.63, 3.8) is 0 Å². The summed E-state index contributed by atoms with van der Waals surface area (Å²) in [6.45, 7) is 0.986. The third-order valence-corrected chi connectivity index (χ3v) is 2.63. The molecule has 0 radical (unpaired) electrons. The SMILES string of the molecule is CN1CCCc2cc(N=O)c(O)cc21.Cl. The molecule has 1 aromatic rings. The minimum absolute atomic E-state index is 0. The van der Waals surface area contributed by atoms with Crippen LogP contribution in [0.25, 0.3) is 0 Å². The van der Waals surface area contributed by atoms with Crippen molar-refractivity contribution < 1.29 is 5.11 Å². The summed E-state index contributed by atoms with van der Waals surface area (Å²) < 4.78 is 0. The quantitative estimate of drug-likeness (QED) is 0.752. The zero-order valence-electron chi connectivity index (χ0n) is 8.43. The molecule has 82 valence electrons. The molecule has 0 bridgehead atoms. The van der Waals surface area contributed by atoms with E-state index >= 15 is 0 Å². The summed E-state index contributed by atoms with van der Waals surface area (Å²) in [5.41, 5.74) is 2.23. The fraction of sp³-hybridized carbons (Fsp3) is 0.400. The van der Waals surface area contributed by atoms with Crippen LogP contribution in [0, 0.1) is 4.91 Å². The first kappa shape index (κ1) is 11.8. The van der Waals surface area contributed by atoms with Gasteiger partial charge in [0, 0.05) is 25.3 Å². The molecule has 0 unspecified atom stereocenters. The molecule has 1 N–H and O–H groups in total. The second kappa shape index (κ2) is 4.49. The standard InChI is InChI=1S/C10H12N2O2.ClH/c1-12-4-2-3-7-5-8(11-14)10(13)6-9(7)12;/h5-6,13H,2-4H2,1H3;1H. The maximum Gasteiger partial charge on any atom is 0.150 e. The van der Waals surface area contributed by atoms with Crippen LogP contribution in [0.5, 0.6) is 5.75 Å². The van der Waals surface area contributed by atoms with Crippen LogP contribution in [0.3, 0.4) is 0 Å². The van der Waals surface area contributed by atoms with Gasteiger partial charge in [0.1, 0.15) is 11.4 Å². The third kappa shape index (κ3) is 2.04. The molecule has 4 nitrogen and oxygen atoms in total. The maximum atomic E-state index is 10.4. The van der Waals surface area contributed by atoms with Crippen molar-refractivity contribution in [1.29, 1.82) is 0 Å². The van der Waals surface area contributed by atoms with Crippen LogP contribution in [-0.4, -0.2) is 18.7 Å². The number of nitroso groups, excluding NO2 is 1. The lowest BCUT2D eigenvalue weighted by Crippen LogP contribution is -2.24. The summed E-state index contributed by atoms with van der Waals surface area (Å²) in [5.74, 6) is -0.0347. The highest BCUT2D eigenvalue weighted by molar-refractivity contribution is 5.85. The fourth-order valence-electron chi connectivity index (χ4n) is 1.86. The molecular formula is C10H13ClN2O2. The molecule has 0 fully saturated rings. The number of hydrogen-bond acceptors (Lipinski definition) is 4. The van der Waals surface area contributed by atoms with Gasteiger partial charge >= 0.3 is 0 Å². The van der Waals surface area contributed by atoms with E-state index < -0.39 is 0 Å². The monoisotopic (exact) mass is 228 g/mol. The summed E-state index contributed by atoms with van der Waals surface area (Å²) in [7, 11) is 1.98. The molecule has 2 rings (SSSR count). The molecule has 1 aliphatic rings. The fourth-order valence-corrected chi connectivity index (χ4v) is 1.86. The first-order valence-corrected chi connectivity index (χ1v) is 4.63. The smallest absolute Gasteiger partial charge is 0.150 e. The molecule has 0 amide bonds. The Morgan fingerprint density at radius 2 is 2.20 bits per heavy atom. The largest absolute Gasteiger partial charge is 0.505 e. The Morgan fingerprint density at radius 3 is 2.87 bits per heavy atom. The first-order chi connectivity index (χ1) is 6.72. The average Bonchev–Trinajstić information content (AvgIpc) is 2.19. The lowest BCUT2D eigenvalue weighted by Gasteiger charge is -2.27. The Morgan fingerprint density at radius 1 is 1.47 bits per heavy atom. The maximum absolute atomic E-state index is 10.4. The first-order valence-electron chi connectivity index (χ1n) is 4.63. The summed E-state index contributed by atoms with van der Waals surface area (Å²) in [6, 6.07) is 3.29. The second-order valence-electron chi connectivity index (χ2n) is 3.59. The van der Waals surface area contributed by atoms with Crippen LogP contribution in [0.4, 0.5) is 11.4 Å². The number of aryl methyl sites for hydroxylation is 1. The van der Waals surface area contributed by atoms with Crippen LogP contribution >= 0.6 is 12.4 Å². The number of fused-ring (bicyclic) bond motifs is 1. The zero-order valence-corrected chi connectivity index (χ0v) is 9.25. The molecule has 0 saturated carbocycles. The lowest BCUT2D eigenvalue weighted by atomic mass is 10.0. The van der Waals surface area contributed by atoms with E-state index in [1.807, 2.05) is 7.05 Å². The highest BCUT2D eigenvalue weighted by Crippen LogP contribution is 2.36. The van der Waals surface area contributed by atoms with Gasteiger partial charge in [-0.2, -0.15) is 0 Å². The average molecular weight is 229 g/mol. The van der Waals surface area contributed by atoms with Gasteiger partial charge in [0.2, 0.25) is 0 Å². The number of anilines is 1. The Kier molecular flexibility index (Phi) is 3.52. The van der Waals surface area contributed by atoms with Crippen LogP contribution in [0.2, 0.25) is 0 Å². The normalized spacial score (nSPS) is 14.1. The second-order valence-corrected chi connectivity index (χ2v) is 3.59. The summed E-state index contributed by atoms with van der Waals surface area (Å²) in [5, 5.41) is 12.2. The zero-order chi connectivity index (χ0) is 10.1. The van der Waals surface area contributed by atoms with Gasteiger partial charge in [0.25, 0.3) is 0 Å². The number of nitrogens with zero attached hydrogens (tertiary/aromatic N) is 2. The summed E-state index contributed by atoms with van der Waals surface area (Å²) in [6.07, 6.45) is 2.02. The molecule has 1 heterocycles. The summed E-state index contributed by atoms with van der Waals surface area (Å²) >= 11 is 0. The van der Waals surface area contributed by atoms with E-state index in [2.05, 4.69) is 10.1 Å². The Hall–Kier alpha value is -1.29. The summed E-state index contributed by atoms with van der Waals surface area (Å²) in [4.78, 5) is 12.4. The van der Waals surface area contributed by atoms with E-state index in [9.17, 15) is 10.0 Å². The van der Waals surface area contributed by atoms with Gasteiger partial charge in [0.15, 0.2) is 0 Å². The molecule has 1 aliphatic heterocycles. The highest BCUT2D eigenvalue weighted by atomic mass is 35.5. The molecule has 1 aromatic carbocycles. The van der Waals surface area contributed by atoms with Gasteiger partial charge in [-0.05, 0) is 29.6 Å². The van der Waals surface area contributed by atoms with Crippen LogP contribution in [0.1, 0.15) is 12.0 Å². The van der Waals surface area contributed by atoms with E-state index in [1.165, 1.54) is 0 Å². The Bertz CT molecular complexity index is 382. The molecule has 0 atom stereocenters. The van der Waals surface area contributed by atoms with E-state index in [0.717, 1.165) is 30.6 Å². The van der Waals surface area contributed by atoms with E-state index in [1.54, 1.807) is 12.1 Å². The van der Waals surface area contributed by atoms with Crippen LogP contribution in [-0.2, 0) is 6.42 Å². The van der Waals surface area contributed by atoms with Gasteiger partial charge in [-0.3, -0.25) is 0 Å². The van der Waals surface area contributed by atoms with Crippen molar-refractivity contribution in [2.24, 2.45) is 5.18 Å². The number of phenols is 1. The third-order valence-electron chi connectivity index (χ3n) is 2.63. The van der Waals surface area contributed by atoms with Crippen LogP contribution < -0.4 is 4.90 Å². The molecule has 0 aliphatic carbocycles. The predicted octanol–water partition coefficient (Wildman–Crippen LogP) is 2.59. The lowest BCUT2D eigenvalue weighted by molar-refractivity contribution is 0.476. The van der Waals surface area contributed by atoms with Crippen molar-refractivity contribution >= 4 is 23.8 Å². The minimum atomic E-state index is -0.0347. The van der Waals surface area contributed by atoms with Gasteiger partial charge in [-0.1, -0.05) is 0 Å². The van der Waals surface area contributed by atoms with Crippen molar-refractivity contribution in [3.05, 3.63) is 22.6 Å². The Balaban J connectivity index is 0.00000112. The van der Waals surface area contributed by atoms with E-state index in [4.69, 9.17) is 0 Å². The molecule has 5 heteroatoms. The number of halogens is 1. The van der Waals surface area contributed by atoms with Crippen molar-refractivity contribution in [2.75, 3.05) is 18.5 Å². The van der Waals surface area contributed by atoms with Gasteiger partial charge in [-0.25, -0.2) is 0 Å². The van der Waals surface area contributed by atoms with E-state index in [-0.39, 0.29) is 23.8 Å². The predicted molar refractivity (Wildman–Crippen MR) is 62.4 cm³/mol. The number of hydrogen-bond donors (Lipinski definition) is 1. The van der Waals surface area contributed by atoms with Gasteiger partial charge < -0.3 is 10.0 Å². The molecule has 0 saturated heterocycles. The van der Waals surface area contributed by atoms with Gasteiger partial charge in [0.05, 0.1) is 0 Å². The number of rotatable bonds is 1. The topological polar surface area (TPSA) is 52.9 Å². The Labute approximate surface area is 94.3 Å². The highest BCUT2D eigenvalue weighted by Gasteiger charge is 2.16. The van der Waals surface area contributed by atoms with Crippen molar-refractivity contribution in [1.82, 2.24) is 0 Å². The number of aromatic hydroxyl groups is 1. The molecule has 15 heavy (non-hydrogen) atoms. The minimum Gasteiger partial charge on any atom is -0.505 e. The number of phenolic OH excluding ortho intramolecular Hbond substituents is 1.